The van der Waals surface area contributed by atoms with Crippen LogP contribution in [0.3, 0.4) is 0 Å². The van der Waals surface area contributed by atoms with Gasteiger partial charge in [-0.3, -0.25) is 4.79 Å². The second kappa shape index (κ2) is 6.62. The molecule has 0 saturated heterocycles. The predicted octanol–water partition coefficient (Wildman–Crippen LogP) is 4.22. The van der Waals surface area contributed by atoms with Crippen molar-refractivity contribution in [3.8, 4) is 0 Å². The van der Waals surface area contributed by atoms with Gasteiger partial charge in [0.25, 0.3) is 0 Å². The van der Waals surface area contributed by atoms with Crippen LogP contribution in [0.1, 0.15) is 22.3 Å². The zero-order valence-electron chi connectivity index (χ0n) is 11.7. The molecule has 0 aliphatic heterocycles. The van der Waals surface area contributed by atoms with E-state index in [-0.39, 0.29) is 6.42 Å². The number of carboxylic acid groups (broad SMARTS) is 1. The number of aliphatic carboxylic acids is 1. The van der Waals surface area contributed by atoms with Crippen molar-refractivity contribution in [3.63, 3.8) is 0 Å². The molecule has 2 aromatic carbocycles. The minimum absolute atomic E-state index is 0.0852. The van der Waals surface area contributed by atoms with Gasteiger partial charge in [-0.05, 0) is 48.2 Å². The molecular formula is C17H18O2S. The molecule has 0 radical (unpaired) electrons. The Kier molecular flexibility index (Phi) is 4.85. The van der Waals surface area contributed by atoms with Crippen LogP contribution in [0.4, 0.5) is 0 Å². The molecule has 2 aromatic rings. The van der Waals surface area contributed by atoms with E-state index < -0.39 is 5.97 Å². The van der Waals surface area contributed by atoms with Crippen LogP contribution >= 0.6 is 11.8 Å². The first kappa shape index (κ1) is 14.7. The molecular weight excluding hydrogens is 268 g/mol. The van der Waals surface area contributed by atoms with E-state index in [1.807, 2.05) is 24.3 Å². The lowest BCUT2D eigenvalue weighted by atomic mass is 10.1. The largest absolute Gasteiger partial charge is 0.481 e. The van der Waals surface area contributed by atoms with Crippen LogP contribution in [-0.4, -0.2) is 11.1 Å². The van der Waals surface area contributed by atoms with E-state index in [2.05, 4.69) is 32.0 Å². The van der Waals surface area contributed by atoms with E-state index in [0.717, 1.165) is 11.3 Å². The molecule has 2 rings (SSSR count). The van der Waals surface area contributed by atoms with Gasteiger partial charge in [0.1, 0.15) is 0 Å². The number of carbonyl (C=O) groups is 1. The van der Waals surface area contributed by atoms with Gasteiger partial charge in [0.2, 0.25) is 0 Å². The van der Waals surface area contributed by atoms with Crippen molar-refractivity contribution in [3.05, 3.63) is 64.7 Å². The topological polar surface area (TPSA) is 37.3 Å². The molecule has 2 nitrogen and oxygen atoms in total. The Morgan fingerprint density at radius 2 is 1.65 bits per heavy atom. The quantitative estimate of drug-likeness (QED) is 0.836. The Bertz CT molecular complexity index is 583. The van der Waals surface area contributed by atoms with Gasteiger partial charge >= 0.3 is 5.97 Å². The van der Waals surface area contributed by atoms with Gasteiger partial charge < -0.3 is 5.11 Å². The highest BCUT2D eigenvalue weighted by atomic mass is 32.2. The van der Waals surface area contributed by atoms with Crippen molar-refractivity contribution in [1.82, 2.24) is 0 Å². The third-order valence-corrected chi connectivity index (χ3v) is 4.34. The van der Waals surface area contributed by atoms with Gasteiger partial charge in [0.05, 0.1) is 6.42 Å². The summed E-state index contributed by atoms with van der Waals surface area (Å²) in [5.74, 6) is 0.150. The number of thioether (sulfide) groups is 1. The molecule has 0 aliphatic carbocycles. The summed E-state index contributed by atoms with van der Waals surface area (Å²) in [6.07, 6.45) is 0.0852. The molecule has 0 atom stereocenters. The Hall–Kier alpha value is -1.74. The van der Waals surface area contributed by atoms with Crippen molar-refractivity contribution in [2.75, 3.05) is 0 Å². The first-order valence-corrected chi connectivity index (χ1v) is 7.53. The third-order valence-electron chi connectivity index (χ3n) is 3.31. The lowest BCUT2D eigenvalue weighted by Gasteiger charge is -2.09. The van der Waals surface area contributed by atoms with Crippen LogP contribution in [0.15, 0.2) is 47.4 Å². The van der Waals surface area contributed by atoms with Crippen LogP contribution in [0.25, 0.3) is 0 Å². The number of hydrogen-bond acceptors (Lipinski definition) is 2. The van der Waals surface area contributed by atoms with Crippen molar-refractivity contribution >= 4 is 17.7 Å². The fourth-order valence-electron chi connectivity index (χ4n) is 2.11. The lowest BCUT2D eigenvalue weighted by Crippen LogP contribution is -1.99. The highest BCUT2D eigenvalue weighted by Crippen LogP contribution is 2.26. The summed E-state index contributed by atoms with van der Waals surface area (Å²) >= 11 is 1.78. The third kappa shape index (κ3) is 3.87. The summed E-state index contributed by atoms with van der Waals surface area (Å²) in [6, 6.07) is 14.1. The normalized spacial score (nSPS) is 10.5. The molecule has 0 aromatic heterocycles. The van der Waals surface area contributed by atoms with Gasteiger partial charge in [-0.25, -0.2) is 0 Å². The van der Waals surface area contributed by atoms with Crippen LogP contribution < -0.4 is 0 Å². The summed E-state index contributed by atoms with van der Waals surface area (Å²) in [7, 11) is 0. The number of carboxylic acids is 1. The Morgan fingerprint density at radius 1 is 1.05 bits per heavy atom. The maximum absolute atomic E-state index is 10.6. The molecule has 1 N–H and O–H groups in total. The van der Waals surface area contributed by atoms with Gasteiger partial charge in [0, 0.05) is 10.6 Å². The van der Waals surface area contributed by atoms with Crippen LogP contribution in [0.5, 0.6) is 0 Å². The van der Waals surface area contributed by atoms with Crippen LogP contribution in [-0.2, 0) is 17.0 Å². The number of benzene rings is 2. The maximum Gasteiger partial charge on any atom is 0.307 e. The number of rotatable bonds is 5. The second-order valence-corrected chi connectivity index (χ2v) is 5.92. The molecule has 0 fully saturated rings. The maximum atomic E-state index is 10.6. The van der Waals surface area contributed by atoms with E-state index in [4.69, 9.17) is 5.11 Å². The minimum Gasteiger partial charge on any atom is -0.481 e. The minimum atomic E-state index is -0.791. The summed E-state index contributed by atoms with van der Waals surface area (Å²) in [4.78, 5) is 11.8. The van der Waals surface area contributed by atoms with E-state index in [1.54, 1.807) is 11.8 Å². The molecule has 0 amide bonds. The average Bonchev–Trinajstić information content (AvgIpc) is 2.39. The summed E-state index contributed by atoms with van der Waals surface area (Å²) in [5.41, 5.74) is 4.86. The van der Waals surface area contributed by atoms with Crippen molar-refractivity contribution in [2.24, 2.45) is 0 Å². The van der Waals surface area contributed by atoms with E-state index in [0.29, 0.717) is 0 Å². The fraction of sp³-hybridized carbons (Fsp3) is 0.235. The van der Waals surface area contributed by atoms with Gasteiger partial charge in [-0.2, -0.15) is 0 Å². The Balaban J connectivity index is 2.02. The van der Waals surface area contributed by atoms with E-state index in [9.17, 15) is 4.79 Å². The molecule has 3 heteroatoms. The SMILES string of the molecule is Cc1cccc(C)c1CSc1ccc(CC(=O)O)cc1. The van der Waals surface area contributed by atoms with Crippen molar-refractivity contribution < 1.29 is 9.90 Å². The molecule has 0 aliphatic rings. The Labute approximate surface area is 123 Å². The van der Waals surface area contributed by atoms with Gasteiger partial charge in [-0.1, -0.05) is 30.3 Å². The smallest absolute Gasteiger partial charge is 0.307 e. The molecule has 0 unspecified atom stereocenters. The van der Waals surface area contributed by atoms with E-state index >= 15 is 0 Å². The molecule has 0 bridgehead atoms. The van der Waals surface area contributed by atoms with Crippen LogP contribution in [0.2, 0.25) is 0 Å². The lowest BCUT2D eigenvalue weighted by molar-refractivity contribution is -0.136. The zero-order chi connectivity index (χ0) is 14.5. The van der Waals surface area contributed by atoms with E-state index in [1.165, 1.54) is 21.6 Å². The second-order valence-electron chi connectivity index (χ2n) is 4.87. The van der Waals surface area contributed by atoms with Crippen molar-refractivity contribution in [2.45, 2.75) is 30.9 Å². The highest BCUT2D eigenvalue weighted by molar-refractivity contribution is 7.98. The Morgan fingerprint density at radius 3 is 2.20 bits per heavy atom. The summed E-state index contributed by atoms with van der Waals surface area (Å²) in [6.45, 7) is 4.28. The zero-order valence-corrected chi connectivity index (χ0v) is 12.5. The number of aryl methyl sites for hydroxylation is 2. The summed E-state index contributed by atoms with van der Waals surface area (Å²) in [5, 5.41) is 8.74. The fourth-order valence-corrected chi connectivity index (χ4v) is 3.21. The molecule has 0 spiro atoms. The standard InChI is InChI=1S/C17H18O2S/c1-12-4-3-5-13(2)16(12)11-20-15-8-6-14(7-9-15)10-17(18)19/h3-9H,10-11H2,1-2H3,(H,18,19). The average molecular weight is 286 g/mol. The molecule has 104 valence electrons. The van der Waals surface area contributed by atoms with Crippen LogP contribution in [0, 0.1) is 13.8 Å². The predicted molar refractivity (Wildman–Crippen MR) is 83.3 cm³/mol. The molecule has 0 heterocycles. The van der Waals surface area contributed by atoms with Crippen molar-refractivity contribution in [1.29, 1.82) is 0 Å². The van der Waals surface area contributed by atoms with Gasteiger partial charge in [-0.15, -0.1) is 11.8 Å². The molecule has 0 saturated carbocycles. The molecule has 20 heavy (non-hydrogen) atoms. The number of hydrogen-bond donors (Lipinski definition) is 1. The first-order chi connectivity index (χ1) is 9.56. The monoisotopic (exact) mass is 286 g/mol. The van der Waals surface area contributed by atoms with Gasteiger partial charge in [0.15, 0.2) is 0 Å². The highest BCUT2D eigenvalue weighted by Gasteiger charge is 2.04. The summed E-state index contributed by atoms with van der Waals surface area (Å²) < 4.78 is 0. The first-order valence-electron chi connectivity index (χ1n) is 6.55.